The maximum absolute atomic E-state index is 11.9. The maximum atomic E-state index is 11.9. The second-order valence-electron chi connectivity index (χ2n) is 1.74. The number of rotatable bonds is 1. The summed E-state index contributed by atoms with van der Waals surface area (Å²) in [6.07, 6.45) is -0.492. The molecular formula is C5H4ClF2N2. The molecule has 0 aliphatic heterocycles. The Morgan fingerprint density at radius 3 is 2.50 bits per heavy atom. The lowest BCUT2D eigenvalue weighted by Gasteiger charge is -1.93. The van der Waals surface area contributed by atoms with Crippen LogP contribution in [0.1, 0.15) is 12.0 Å². The zero-order chi connectivity index (χ0) is 7.72. The van der Waals surface area contributed by atoms with Crippen molar-refractivity contribution in [3.63, 3.8) is 0 Å². The summed E-state index contributed by atoms with van der Waals surface area (Å²) in [4.78, 5) is 0. The molecule has 55 valence electrons. The van der Waals surface area contributed by atoms with Gasteiger partial charge in [0, 0.05) is 7.05 Å². The first-order chi connectivity index (χ1) is 4.63. The highest BCUT2D eigenvalue weighted by Gasteiger charge is 2.15. The van der Waals surface area contributed by atoms with Crippen molar-refractivity contribution < 1.29 is 8.78 Å². The molecule has 0 spiro atoms. The van der Waals surface area contributed by atoms with Gasteiger partial charge in [0.05, 0.1) is 5.56 Å². The molecule has 5 heteroatoms. The van der Waals surface area contributed by atoms with Crippen molar-refractivity contribution >= 4 is 11.6 Å². The van der Waals surface area contributed by atoms with E-state index in [0.29, 0.717) is 0 Å². The first-order valence-corrected chi connectivity index (χ1v) is 2.89. The van der Waals surface area contributed by atoms with Crippen LogP contribution in [0.15, 0.2) is 0 Å². The van der Waals surface area contributed by atoms with Crippen molar-refractivity contribution in [1.82, 2.24) is 9.78 Å². The van der Waals surface area contributed by atoms with Gasteiger partial charge >= 0.3 is 0 Å². The van der Waals surface area contributed by atoms with Crippen LogP contribution >= 0.6 is 11.6 Å². The van der Waals surface area contributed by atoms with Crippen LogP contribution in [0.3, 0.4) is 0 Å². The molecule has 1 rings (SSSR count). The fourth-order valence-electron chi connectivity index (χ4n) is 0.532. The largest absolute Gasteiger partial charge is 0.269 e. The molecule has 0 saturated heterocycles. The zero-order valence-electron chi connectivity index (χ0n) is 5.11. The van der Waals surface area contributed by atoms with Crippen LogP contribution in [0.2, 0.25) is 5.15 Å². The summed E-state index contributed by atoms with van der Waals surface area (Å²) in [5.74, 6) is 0. The van der Waals surface area contributed by atoms with Gasteiger partial charge in [-0.25, -0.2) is 8.78 Å². The Bertz CT molecular complexity index is 234. The predicted octanol–water partition coefficient (Wildman–Crippen LogP) is 1.81. The van der Waals surface area contributed by atoms with Gasteiger partial charge in [-0.05, 0) is 0 Å². The lowest BCUT2D eigenvalue weighted by Crippen LogP contribution is -1.89. The van der Waals surface area contributed by atoms with Crippen LogP contribution < -0.4 is 0 Å². The Morgan fingerprint density at radius 2 is 2.30 bits per heavy atom. The van der Waals surface area contributed by atoms with Crippen LogP contribution in [-0.4, -0.2) is 9.78 Å². The van der Waals surface area contributed by atoms with Crippen molar-refractivity contribution in [2.45, 2.75) is 6.43 Å². The van der Waals surface area contributed by atoms with Crippen LogP contribution in [0.25, 0.3) is 0 Å². The van der Waals surface area contributed by atoms with Gasteiger partial charge in [-0.3, -0.25) is 4.68 Å². The highest BCUT2D eigenvalue weighted by molar-refractivity contribution is 6.30. The summed E-state index contributed by atoms with van der Waals surface area (Å²) in [6.45, 7) is 0. The van der Waals surface area contributed by atoms with Gasteiger partial charge in [-0.1, -0.05) is 11.6 Å². The van der Waals surface area contributed by atoms with Crippen LogP contribution in [0, 0.1) is 6.20 Å². The Kier molecular flexibility index (Phi) is 1.89. The molecule has 0 atom stereocenters. The molecule has 10 heavy (non-hydrogen) atoms. The van der Waals surface area contributed by atoms with E-state index in [1.54, 1.807) is 0 Å². The molecule has 0 N–H and O–H groups in total. The average Bonchev–Trinajstić information content (AvgIpc) is 2.14. The SMILES string of the molecule is Cn1n[c]c(C(F)F)c1Cl. The van der Waals surface area contributed by atoms with E-state index in [1.165, 1.54) is 7.05 Å². The highest BCUT2D eigenvalue weighted by atomic mass is 35.5. The topological polar surface area (TPSA) is 17.8 Å². The fourth-order valence-corrected chi connectivity index (χ4v) is 0.695. The monoisotopic (exact) mass is 165 g/mol. The fraction of sp³-hybridized carbons (Fsp3) is 0.400. The average molecular weight is 166 g/mol. The van der Waals surface area contributed by atoms with Gasteiger partial charge in [0.1, 0.15) is 11.3 Å². The molecular weight excluding hydrogens is 162 g/mol. The summed E-state index contributed by atoms with van der Waals surface area (Å²) >= 11 is 5.39. The highest BCUT2D eigenvalue weighted by Crippen LogP contribution is 2.24. The first-order valence-electron chi connectivity index (χ1n) is 2.51. The van der Waals surface area contributed by atoms with Gasteiger partial charge in [-0.2, -0.15) is 5.10 Å². The van der Waals surface area contributed by atoms with E-state index in [4.69, 9.17) is 11.6 Å². The van der Waals surface area contributed by atoms with Crippen molar-refractivity contribution in [3.8, 4) is 0 Å². The number of nitrogens with zero attached hydrogens (tertiary/aromatic N) is 2. The Balaban J connectivity index is 3.05. The minimum atomic E-state index is -2.60. The van der Waals surface area contributed by atoms with Gasteiger partial charge in [0.2, 0.25) is 0 Å². The zero-order valence-corrected chi connectivity index (χ0v) is 5.86. The van der Waals surface area contributed by atoms with Crippen LogP contribution in [0.5, 0.6) is 0 Å². The summed E-state index contributed by atoms with van der Waals surface area (Å²) in [5.41, 5.74) is -0.343. The summed E-state index contributed by atoms with van der Waals surface area (Å²) in [7, 11) is 1.48. The summed E-state index contributed by atoms with van der Waals surface area (Å²) < 4.78 is 24.9. The lowest BCUT2D eigenvalue weighted by molar-refractivity contribution is 0.151. The van der Waals surface area contributed by atoms with Crippen LogP contribution in [-0.2, 0) is 7.05 Å². The number of halogens is 3. The molecule has 0 unspecified atom stereocenters. The van der Waals surface area contributed by atoms with Crippen molar-refractivity contribution in [2.24, 2.45) is 7.05 Å². The lowest BCUT2D eigenvalue weighted by atomic mass is 10.4. The smallest absolute Gasteiger partial charge is 0.256 e. The number of hydrogen-bond acceptors (Lipinski definition) is 1. The van der Waals surface area contributed by atoms with E-state index in [9.17, 15) is 8.78 Å². The Labute approximate surface area is 61.4 Å². The maximum Gasteiger partial charge on any atom is 0.269 e. The van der Waals surface area contributed by atoms with Gasteiger partial charge in [0.25, 0.3) is 6.43 Å². The molecule has 1 heterocycles. The molecule has 0 aliphatic rings. The predicted molar refractivity (Wildman–Crippen MR) is 32.0 cm³/mol. The van der Waals surface area contributed by atoms with Crippen molar-refractivity contribution in [3.05, 3.63) is 16.9 Å². The Hall–Kier alpha value is -0.640. The minimum Gasteiger partial charge on any atom is -0.256 e. The van der Waals surface area contributed by atoms with E-state index in [2.05, 4.69) is 11.3 Å². The third-order valence-electron chi connectivity index (χ3n) is 1.05. The minimum absolute atomic E-state index is 0.0602. The third kappa shape index (κ3) is 1.11. The summed E-state index contributed by atoms with van der Waals surface area (Å²) in [6, 6.07) is 0. The number of alkyl halides is 2. The van der Waals surface area contributed by atoms with Crippen molar-refractivity contribution in [2.75, 3.05) is 0 Å². The molecule has 0 amide bonds. The van der Waals surface area contributed by atoms with E-state index in [-0.39, 0.29) is 10.7 Å². The molecule has 2 nitrogen and oxygen atoms in total. The number of aryl methyl sites for hydroxylation is 1. The standard InChI is InChI=1S/C5H4ClF2N2/c1-10-4(6)3(2-9-10)5(7)8/h5H,1H3. The molecule has 1 radical (unpaired) electrons. The van der Waals surface area contributed by atoms with E-state index in [1.807, 2.05) is 0 Å². The van der Waals surface area contributed by atoms with Crippen LogP contribution in [0.4, 0.5) is 8.78 Å². The van der Waals surface area contributed by atoms with Gasteiger partial charge < -0.3 is 0 Å². The third-order valence-corrected chi connectivity index (χ3v) is 1.49. The first kappa shape index (κ1) is 7.47. The Morgan fingerprint density at radius 1 is 1.70 bits per heavy atom. The summed E-state index contributed by atoms with van der Waals surface area (Å²) in [5, 5.41) is 3.36. The molecule has 0 saturated carbocycles. The molecule has 1 aromatic rings. The second kappa shape index (κ2) is 2.54. The molecule has 0 aliphatic carbocycles. The second-order valence-corrected chi connectivity index (χ2v) is 2.10. The van der Waals surface area contributed by atoms with E-state index in [0.717, 1.165) is 4.68 Å². The normalized spacial score (nSPS) is 10.9. The van der Waals surface area contributed by atoms with Gasteiger partial charge in [0.15, 0.2) is 0 Å². The van der Waals surface area contributed by atoms with E-state index >= 15 is 0 Å². The molecule has 0 fully saturated rings. The van der Waals surface area contributed by atoms with Gasteiger partial charge in [-0.15, -0.1) is 0 Å². The molecule has 1 aromatic heterocycles. The molecule has 0 aromatic carbocycles. The van der Waals surface area contributed by atoms with Crippen molar-refractivity contribution in [1.29, 1.82) is 0 Å². The molecule has 0 bridgehead atoms. The number of aromatic nitrogens is 2. The number of hydrogen-bond donors (Lipinski definition) is 0. The van der Waals surface area contributed by atoms with E-state index < -0.39 is 6.43 Å². The quantitative estimate of drug-likeness (QED) is 0.621.